The third-order valence-corrected chi connectivity index (χ3v) is 4.12. The summed E-state index contributed by atoms with van der Waals surface area (Å²) < 4.78 is 6.76. The normalized spacial score (nSPS) is 10.7. The van der Waals surface area contributed by atoms with Crippen molar-refractivity contribution in [1.29, 1.82) is 0 Å². The molecule has 6 heteroatoms. The summed E-state index contributed by atoms with van der Waals surface area (Å²) in [4.78, 5) is 28.1. The molecular weight excluding hydrogens is 318 g/mol. The van der Waals surface area contributed by atoms with E-state index < -0.39 is 5.97 Å². The van der Waals surface area contributed by atoms with E-state index in [1.165, 1.54) is 7.11 Å². The number of rotatable bonds is 4. The van der Waals surface area contributed by atoms with Gasteiger partial charge in [0.1, 0.15) is 5.82 Å². The minimum absolute atomic E-state index is 0.283. The molecule has 0 saturated carbocycles. The number of nitrogens with zero attached hydrogens (tertiary/aromatic N) is 2. The van der Waals surface area contributed by atoms with Crippen molar-refractivity contribution in [2.75, 3.05) is 12.4 Å². The zero-order chi connectivity index (χ0) is 18.0. The highest BCUT2D eigenvalue weighted by Crippen LogP contribution is 2.22. The predicted molar refractivity (Wildman–Crippen MR) is 95.9 cm³/mol. The summed E-state index contributed by atoms with van der Waals surface area (Å²) in [5.41, 5.74) is 3.03. The molecule has 1 amide bonds. The van der Waals surface area contributed by atoms with Gasteiger partial charge in [-0.3, -0.25) is 4.79 Å². The van der Waals surface area contributed by atoms with Crippen LogP contribution in [-0.4, -0.2) is 28.5 Å². The van der Waals surface area contributed by atoms with Crippen molar-refractivity contribution in [3.63, 3.8) is 0 Å². The standard InChI is InChI=1S/C19H19N3O3/c1-4-22-11-12(2)15-10-20-17(9-16(15)22)21-18(23)13-5-7-14(8-6-13)19(24)25-3/h5-11H,4H2,1-3H3,(H,20,21,23). The Morgan fingerprint density at radius 2 is 1.88 bits per heavy atom. The number of carbonyl (C=O) groups excluding carboxylic acids is 2. The van der Waals surface area contributed by atoms with Gasteiger partial charge >= 0.3 is 5.97 Å². The zero-order valence-corrected chi connectivity index (χ0v) is 14.4. The van der Waals surface area contributed by atoms with E-state index >= 15 is 0 Å². The molecule has 2 heterocycles. The smallest absolute Gasteiger partial charge is 0.337 e. The van der Waals surface area contributed by atoms with Crippen molar-refractivity contribution >= 4 is 28.6 Å². The van der Waals surface area contributed by atoms with Gasteiger partial charge in [-0.1, -0.05) is 0 Å². The highest BCUT2D eigenvalue weighted by molar-refractivity contribution is 6.05. The lowest BCUT2D eigenvalue weighted by atomic mass is 10.1. The highest BCUT2D eigenvalue weighted by atomic mass is 16.5. The number of fused-ring (bicyclic) bond motifs is 1. The fraction of sp³-hybridized carbons (Fsp3) is 0.211. The van der Waals surface area contributed by atoms with Gasteiger partial charge in [-0.2, -0.15) is 0 Å². The van der Waals surface area contributed by atoms with E-state index in [4.69, 9.17) is 0 Å². The molecule has 25 heavy (non-hydrogen) atoms. The van der Waals surface area contributed by atoms with Gasteiger partial charge in [-0.15, -0.1) is 0 Å². The first kappa shape index (κ1) is 16.7. The van der Waals surface area contributed by atoms with Crippen LogP contribution in [0.1, 0.15) is 33.2 Å². The Balaban J connectivity index is 1.83. The topological polar surface area (TPSA) is 73.2 Å². The SMILES string of the molecule is CCn1cc(C)c2cnc(NC(=O)c3ccc(C(=O)OC)cc3)cc21. The van der Waals surface area contributed by atoms with E-state index in [0.29, 0.717) is 16.9 Å². The molecular formula is C19H19N3O3. The van der Waals surface area contributed by atoms with Gasteiger partial charge in [-0.25, -0.2) is 9.78 Å². The molecule has 128 valence electrons. The fourth-order valence-electron chi connectivity index (χ4n) is 2.75. The largest absolute Gasteiger partial charge is 0.465 e. The number of benzene rings is 1. The average molecular weight is 337 g/mol. The molecule has 1 N–H and O–H groups in total. The van der Waals surface area contributed by atoms with Gasteiger partial charge in [0.2, 0.25) is 0 Å². The Hall–Kier alpha value is -3.15. The van der Waals surface area contributed by atoms with Gasteiger partial charge in [0, 0.05) is 36.0 Å². The van der Waals surface area contributed by atoms with E-state index in [0.717, 1.165) is 23.0 Å². The van der Waals surface area contributed by atoms with Gasteiger partial charge in [0.25, 0.3) is 5.91 Å². The zero-order valence-electron chi connectivity index (χ0n) is 14.4. The van der Waals surface area contributed by atoms with Crippen LogP contribution in [0.25, 0.3) is 10.9 Å². The van der Waals surface area contributed by atoms with E-state index in [2.05, 4.69) is 32.7 Å². The molecule has 0 spiro atoms. The maximum absolute atomic E-state index is 12.4. The number of amides is 1. The van der Waals surface area contributed by atoms with Gasteiger partial charge in [-0.05, 0) is 43.7 Å². The highest BCUT2D eigenvalue weighted by Gasteiger charge is 2.11. The number of ether oxygens (including phenoxy) is 1. The third-order valence-electron chi connectivity index (χ3n) is 4.12. The van der Waals surface area contributed by atoms with Crippen molar-refractivity contribution in [2.45, 2.75) is 20.4 Å². The maximum atomic E-state index is 12.4. The third kappa shape index (κ3) is 3.24. The van der Waals surface area contributed by atoms with Crippen molar-refractivity contribution in [1.82, 2.24) is 9.55 Å². The maximum Gasteiger partial charge on any atom is 0.337 e. The van der Waals surface area contributed by atoms with Crippen LogP contribution >= 0.6 is 0 Å². The number of hydrogen-bond donors (Lipinski definition) is 1. The van der Waals surface area contributed by atoms with Crippen LogP contribution in [0.3, 0.4) is 0 Å². The Morgan fingerprint density at radius 3 is 2.52 bits per heavy atom. The molecule has 3 rings (SSSR count). The van der Waals surface area contributed by atoms with Gasteiger partial charge < -0.3 is 14.6 Å². The quantitative estimate of drug-likeness (QED) is 0.741. The van der Waals surface area contributed by atoms with E-state index in [1.54, 1.807) is 30.5 Å². The number of aromatic nitrogens is 2. The van der Waals surface area contributed by atoms with Crippen LogP contribution in [0.4, 0.5) is 5.82 Å². The second kappa shape index (κ2) is 6.76. The molecule has 0 fully saturated rings. The first-order valence-corrected chi connectivity index (χ1v) is 7.98. The Morgan fingerprint density at radius 1 is 1.20 bits per heavy atom. The predicted octanol–water partition coefficient (Wildman–Crippen LogP) is 3.40. The molecule has 0 saturated heterocycles. The Labute approximate surface area is 145 Å². The lowest BCUT2D eigenvalue weighted by Gasteiger charge is -2.07. The molecule has 0 unspecified atom stereocenters. The van der Waals surface area contributed by atoms with Crippen LogP contribution in [-0.2, 0) is 11.3 Å². The summed E-state index contributed by atoms with van der Waals surface area (Å²) in [6, 6.07) is 8.15. The molecule has 3 aromatic rings. The number of hydrogen-bond acceptors (Lipinski definition) is 4. The number of carbonyl (C=O) groups is 2. The van der Waals surface area contributed by atoms with E-state index in [-0.39, 0.29) is 5.91 Å². The first-order chi connectivity index (χ1) is 12.0. The van der Waals surface area contributed by atoms with Crippen molar-refractivity contribution in [2.24, 2.45) is 0 Å². The minimum atomic E-state index is -0.435. The summed E-state index contributed by atoms with van der Waals surface area (Å²) in [5, 5.41) is 3.87. The summed E-state index contributed by atoms with van der Waals surface area (Å²) in [7, 11) is 1.32. The van der Waals surface area contributed by atoms with Crippen LogP contribution < -0.4 is 5.32 Å². The molecule has 0 atom stereocenters. The summed E-state index contributed by atoms with van der Waals surface area (Å²) >= 11 is 0. The second-order valence-corrected chi connectivity index (χ2v) is 5.71. The average Bonchev–Trinajstić information content (AvgIpc) is 2.96. The van der Waals surface area contributed by atoms with Gasteiger partial charge in [0.15, 0.2) is 0 Å². The number of esters is 1. The van der Waals surface area contributed by atoms with E-state index in [1.807, 2.05) is 13.0 Å². The molecule has 6 nitrogen and oxygen atoms in total. The van der Waals surface area contributed by atoms with Crippen molar-refractivity contribution < 1.29 is 14.3 Å². The van der Waals surface area contributed by atoms with E-state index in [9.17, 15) is 9.59 Å². The van der Waals surface area contributed by atoms with Crippen LogP contribution in [0.5, 0.6) is 0 Å². The summed E-state index contributed by atoms with van der Waals surface area (Å²) in [6.45, 7) is 4.95. The number of nitrogens with one attached hydrogen (secondary N) is 1. The van der Waals surface area contributed by atoms with Gasteiger partial charge in [0.05, 0.1) is 18.2 Å². The Kier molecular flexibility index (Phi) is 4.52. The van der Waals surface area contributed by atoms with Crippen molar-refractivity contribution in [3.8, 4) is 0 Å². The number of methoxy groups -OCH3 is 1. The number of anilines is 1. The fourth-order valence-corrected chi connectivity index (χ4v) is 2.75. The molecule has 0 bridgehead atoms. The second-order valence-electron chi connectivity index (χ2n) is 5.71. The lowest BCUT2D eigenvalue weighted by Crippen LogP contribution is -2.13. The lowest BCUT2D eigenvalue weighted by molar-refractivity contribution is 0.0600. The summed E-state index contributed by atoms with van der Waals surface area (Å²) in [5.74, 6) is -0.230. The van der Waals surface area contributed by atoms with Crippen LogP contribution in [0, 0.1) is 6.92 Å². The number of aryl methyl sites for hydroxylation is 2. The summed E-state index contributed by atoms with van der Waals surface area (Å²) in [6.07, 6.45) is 3.84. The van der Waals surface area contributed by atoms with Crippen molar-refractivity contribution in [3.05, 3.63) is 59.4 Å². The minimum Gasteiger partial charge on any atom is -0.465 e. The molecule has 1 aromatic carbocycles. The Bertz CT molecular complexity index is 942. The van der Waals surface area contributed by atoms with Crippen LogP contribution in [0.15, 0.2) is 42.7 Å². The monoisotopic (exact) mass is 337 g/mol. The molecule has 0 aliphatic rings. The molecule has 0 radical (unpaired) electrons. The van der Waals surface area contributed by atoms with Crippen LogP contribution in [0.2, 0.25) is 0 Å². The molecule has 0 aliphatic heterocycles. The number of pyridine rings is 1. The first-order valence-electron chi connectivity index (χ1n) is 7.98. The molecule has 2 aromatic heterocycles. The molecule has 0 aliphatic carbocycles.